The Morgan fingerprint density at radius 2 is 1.83 bits per heavy atom. The first-order valence-corrected chi connectivity index (χ1v) is 9.94. The second kappa shape index (κ2) is 12.0. The third-order valence-electron chi connectivity index (χ3n) is 4.85. The molecule has 0 spiro atoms. The molecule has 160 valence electrons. The Morgan fingerprint density at radius 3 is 2.41 bits per heavy atom. The fourth-order valence-electron chi connectivity index (χ4n) is 3.21. The normalized spacial score (nSPS) is 13.7. The second-order valence-electron chi connectivity index (χ2n) is 7.71. The molecule has 7 heteroatoms. The lowest BCUT2D eigenvalue weighted by atomic mass is 9.77. The molecule has 0 bridgehead atoms. The van der Waals surface area contributed by atoms with Crippen molar-refractivity contribution in [3.63, 3.8) is 0 Å². The van der Waals surface area contributed by atoms with Crippen LogP contribution in [0.3, 0.4) is 0 Å². The van der Waals surface area contributed by atoms with Gasteiger partial charge in [-0.15, -0.1) is 0 Å². The highest BCUT2D eigenvalue weighted by molar-refractivity contribution is 5.85. The van der Waals surface area contributed by atoms with E-state index in [1.165, 1.54) is 6.08 Å². The molecule has 2 atom stereocenters. The van der Waals surface area contributed by atoms with Gasteiger partial charge >= 0.3 is 0 Å². The van der Waals surface area contributed by atoms with Crippen molar-refractivity contribution in [2.45, 2.75) is 57.5 Å². The first kappa shape index (κ1) is 24.4. The Bertz CT molecular complexity index is 701. The van der Waals surface area contributed by atoms with Crippen LogP contribution >= 0.6 is 0 Å². The molecule has 5 N–H and O–H groups in total. The van der Waals surface area contributed by atoms with Gasteiger partial charge < -0.3 is 21.7 Å². The summed E-state index contributed by atoms with van der Waals surface area (Å²) in [6, 6.07) is 9.43. The predicted molar refractivity (Wildman–Crippen MR) is 115 cm³/mol. The van der Waals surface area contributed by atoms with Crippen molar-refractivity contribution in [3.8, 4) is 0 Å². The number of likely N-dealkylation sites (N-methyl/N-ethyl adjacent to an activating group) is 1. The lowest BCUT2D eigenvalue weighted by Gasteiger charge is -2.33. The van der Waals surface area contributed by atoms with Crippen LogP contribution in [-0.2, 0) is 19.8 Å². The minimum absolute atomic E-state index is 0.0889. The van der Waals surface area contributed by atoms with Crippen molar-refractivity contribution in [2.75, 3.05) is 13.6 Å². The van der Waals surface area contributed by atoms with Crippen LogP contribution in [0.1, 0.15) is 45.6 Å². The molecular weight excluding hydrogens is 368 g/mol. The van der Waals surface area contributed by atoms with Gasteiger partial charge in [-0.05, 0) is 38.5 Å². The van der Waals surface area contributed by atoms with Gasteiger partial charge in [0.25, 0.3) is 0 Å². The van der Waals surface area contributed by atoms with Crippen LogP contribution in [0.25, 0.3) is 0 Å². The van der Waals surface area contributed by atoms with E-state index in [0.29, 0.717) is 25.8 Å². The molecule has 1 aromatic carbocycles. The van der Waals surface area contributed by atoms with Gasteiger partial charge in [0, 0.05) is 24.4 Å². The van der Waals surface area contributed by atoms with E-state index in [9.17, 15) is 14.4 Å². The van der Waals surface area contributed by atoms with Gasteiger partial charge in [0.2, 0.25) is 17.7 Å². The Kier molecular flexibility index (Phi) is 10.1. The standard InChI is InChI=1S/C22H34N4O3/c1-16(10-8-13-18(23)27)26-19(28)14-9-15-25-21(29)20(24-4)22(2,3)17-11-6-5-7-12-17/h5-8,11-13,16,20,24H,9-10,14-15H2,1-4H3,(H2,23,27)(H,25,29)(H,26,28). The zero-order chi connectivity index (χ0) is 21.9. The van der Waals surface area contributed by atoms with Crippen LogP contribution in [0, 0.1) is 0 Å². The summed E-state index contributed by atoms with van der Waals surface area (Å²) in [7, 11) is 1.77. The maximum Gasteiger partial charge on any atom is 0.241 e. The lowest BCUT2D eigenvalue weighted by Crippen LogP contribution is -2.53. The molecule has 0 aliphatic heterocycles. The molecule has 29 heavy (non-hydrogen) atoms. The zero-order valence-corrected chi connectivity index (χ0v) is 17.8. The van der Waals surface area contributed by atoms with Crippen LogP contribution in [0.2, 0.25) is 0 Å². The summed E-state index contributed by atoms with van der Waals surface area (Å²) in [6.45, 7) is 6.34. The largest absolute Gasteiger partial charge is 0.366 e. The van der Waals surface area contributed by atoms with Gasteiger partial charge in [-0.1, -0.05) is 50.3 Å². The fourth-order valence-corrected chi connectivity index (χ4v) is 3.21. The molecule has 3 amide bonds. The summed E-state index contributed by atoms with van der Waals surface area (Å²) in [5.74, 6) is -0.685. The number of hydrogen-bond donors (Lipinski definition) is 4. The maximum absolute atomic E-state index is 12.7. The SMILES string of the molecule is CNC(C(=O)NCCCC(=O)NC(C)CC=CC(N)=O)C(C)(C)c1ccccc1. The van der Waals surface area contributed by atoms with Crippen molar-refractivity contribution in [1.29, 1.82) is 0 Å². The Hall–Kier alpha value is -2.67. The molecule has 1 rings (SSSR count). The molecular formula is C22H34N4O3. The van der Waals surface area contributed by atoms with E-state index in [1.54, 1.807) is 13.1 Å². The number of rotatable bonds is 12. The highest BCUT2D eigenvalue weighted by atomic mass is 16.2. The third kappa shape index (κ3) is 8.48. The quantitative estimate of drug-likeness (QED) is 0.312. The van der Waals surface area contributed by atoms with Crippen LogP contribution in [0.5, 0.6) is 0 Å². The van der Waals surface area contributed by atoms with E-state index < -0.39 is 11.9 Å². The summed E-state index contributed by atoms with van der Waals surface area (Å²) >= 11 is 0. The van der Waals surface area contributed by atoms with Crippen molar-refractivity contribution < 1.29 is 14.4 Å². The molecule has 0 fully saturated rings. The molecule has 0 saturated carbocycles. The summed E-state index contributed by atoms with van der Waals surface area (Å²) < 4.78 is 0. The summed E-state index contributed by atoms with van der Waals surface area (Å²) in [5, 5.41) is 8.89. The van der Waals surface area contributed by atoms with E-state index in [2.05, 4.69) is 16.0 Å². The predicted octanol–water partition coefficient (Wildman–Crippen LogP) is 1.38. The van der Waals surface area contributed by atoms with E-state index in [4.69, 9.17) is 5.73 Å². The first-order chi connectivity index (χ1) is 13.7. The van der Waals surface area contributed by atoms with Crippen LogP contribution in [-0.4, -0.2) is 43.4 Å². The topological polar surface area (TPSA) is 113 Å². The third-order valence-corrected chi connectivity index (χ3v) is 4.85. The molecule has 2 unspecified atom stereocenters. The highest BCUT2D eigenvalue weighted by Crippen LogP contribution is 2.27. The van der Waals surface area contributed by atoms with Gasteiger partial charge in [0.1, 0.15) is 0 Å². The van der Waals surface area contributed by atoms with Crippen molar-refractivity contribution >= 4 is 17.7 Å². The lowest BCUT2D eigenvalue weighted by molar-refractivity contribution is -0.125. The van der Waals surface area contributed by atoms with Crippen molar-refractivity contribution in [3.05, 3.63) is 48.0 Å². The maximum atomic E-state index is 12.7. The Morgan fingerprint density at radius 1 is 1.17 bits per heavy atom. The minimum Gasteiger partial charge on any atom is -0.366 e. The number of nitrogens with two attached hydrogens (primary N) is 1. The van der Waals surface area contributed by atoms with E-state index in [-0.39, 0.29) is 23.3 Å². The monoisotopic (exact) mass is 402 g/mol. The van der Waals surface area contributed by atoms with Gasteiger partial charge in [0.05, 0.1) is 6.04 Å². The number of carbonyl (C=O) groups excluding carboxylic acids is 3. The smallest absolute Gasteiger partial charge is 0.241 e. The van der Waals surface area contributed by atoms with Crippen LogP contribution in [0.15, 0.2) is 42.5 Å². The zero-order valence-electron chi connectivity index (χ0n) is 17.8. The van der Waals surface area contributed by atoms with Crippen molar-refractivity contribution in [2.24, 2.45) is 5.73 Å². The highest BCUT2D eigenvalue weighted by Gasteiger charge is 2.35. The molecule has 0 aliphatic carbocycles. The number of hydrogen-bond acceptors (Lipinski definition) is 4. The summed E-state index contributed by atoms with van der Waals surface area (Å²) in [5.41, 5.74) is 5.72. The molecule has 0 aliphatic rings. The van der Waals surface area contributed by atoms with E-state index >= 15 is 0 Å². The van der Waals surface area contributed by atoms with Gasteiger partial charge in [-0.25, -0.2) is 0 Å². The summed E-state index contributed by atoms with van der Waals surface area (Å²) in [4.78, 5) is 35.3. The average molecular weight is 403 g/mol. The van der Waals surface area contributed by atoms with Gasteiger partial charge in [-0.3, -0.25) is 14.4 Å². The number of amides is 3. The first-order valence-electron chi connectivity index (χ1n) is 9.94. The number of benzene rings is 1. The van der Waals surface area contributed by atoms with E-state index in [0.717, 1.165) is 5.56 Å². The summed E-state index contributed by atoms with van der Waals surface area (Å²) in [6.07, 6.45) is 4.32. The molecule has 0 aromatic heterocycles. The second-order valence-corrected chi connectivity index (χ2v) is 7.71. The molecule has 0 heterocycles. The van der Waals surface area contributed by atoms with E-state index in [1.807, 2.05) is 51.1 Å². The molecule has 0 saturated heterocycles. The van der Waals surface area contributed by atoms with Gasteiger partial charge in [0.15, 0.2) is 0 Å². The van der Waals surface area contributed by atoms with Crippen molar-refractivity contribution in [1.82, 2.24) is 16.0 Å². The number of carbonyl (C=O) groups is 3. The Balaban J connectivity index is 2.41. The fraction of sp³-hybridized carbons (Fsp3) is 0.500. The van der Waals surface area contributed by atoms with Crippen LogP contribution < -0.4 is 21.7 Å². The van der Waals surface area contributed by atoms with Crippen LogP contribution in [0.4, 0.5) is 0 Å². The molecule has 0 radical (unpaired) electrons. The number of primary amides is 1. The van der Waals surface area contributed by atoms with Gasteiger partial charge in [-0.2, -0.15) is 0 Å². The molecule has 7 nitrogen and oxygen atoms in total. The average Bonchev–Trinajstić information content (AvgIpc) is 2.66. The molecule has 1 aromatic rings. The Labute approximate surface area is 173 Å². The minimum atomic E-state index is -0.505. The number of nitrogens with one attached hydrogen (secondary N) is 3.